The lowest BCUT2D eigenvalue weighted by Crippen LogP contribution is -2.21. The first-order valence-electron chi connectivity index (χ1n) is 9.06. The Balaban J connectivity index is 1.52. The Kier molecular flexibility index (Phi) is 7.60. The van der Waals surface area contributed by atoms with Crippen LogP contribution in [0.3, 0.4) is 0 Å². The number of alkyl halides is 2. The van der Waals surface area contributed by atoms with E-state index in [0.717, 1.165) is 5.69 Å². The molecule has 7 nitrogen and oxygen atoms in total. The number of carbonyl (C=O) groups is 2. The van der Waals surface area contributed by atoms with E-state index in [9.17, 15) is 18.4 Å². The second-order valence-corrected chi connectivity index (χ2v) is 7.26. The molecule has 0 saturated carbocycles. The topological polar surface area (TPSA) is 90.7 Å². The number of hydrogen-bond acceptors (Lipinski definition) is 7. The predicted molar refractivity (Wildman–Crippen MR) is 109 cm³/mol. The number of amides is 1. The standard InChI is InChI=1S/C21H18F2N2O5S/c1-13-10-16(30-25-13)12-31-18-5-3-2-4-17(18)20(27)28-11-19(26)24-14-6-8-15(9-7-14)29-21(22)23/h2-10,21H,11-12H2,1H3,(H,24,26). The molecule has 0 unspecified atom stereocenters. The summed E-state index contributed by atoms with van der Waals surface area (Å²) in [5.41, 5.74) is 1.44. The van der Waals surface area contributed by atoms with Crippen LogP contribution in [0.2, 0.25) is 0 Å². The van der Waals surface area contributed by atoms with Crippen molar-refractivity contribution in [1.29, 1.82) is 0 Å². The second-order valence-electron chi connectivity index (χ2n) is 6.25. The summed E-state index contributed by atoms with van der Waals surface area (Å²) in [7, 11) is 0. The van der Waals surface area contributed by atoms with E-state index in [0.29, 0.717) is 27.7 Å². The van der Waals surface area contributed by atoms with Crippen molar-refractivity contribution in [3.8, 4) is 5.75 Å². The average molecular weight is 448 g/mol. The molecule has 0 aliphatic heterocycles. The molecule has 2 aromatic carbocycles. The monoisotopic (exact) mass is 448 g/mol. The van der Waals surface area contributed by atoms with E-state index in [1.54, 1.807) is 24.3 Å². The second kappa shape index (κ2) is 10.6. The zero-order valence-electron chi connectivity index (χ0n) is 16.3. The van der Waals surface area contributed by atoms with E-state index in [4.69, 9.17) is 9.26 Å². The van der Waals surface area contributed by atoms with Gasteiger partial charge in [-0.2, -0.15) is 8.78 Å². The predicted octanol–water partition coefficient (Wildman–Crippen LogP) is 4.67. The Labute approximate surface area is 180 Å². The van der Waals surface area contributed by atoms with Crippen molar-refractivity contribution in [2.45, 2.75) is 24.2 Å². The van der Waals surface area contributed by atoms with Crippen LogP contribution in [0.25, 0.3) is 0 Å². The molecule has 0 aliphatic rings. The van der Waals surface area contributed by atoms with E-state index < -0.39 is 25.1 Å². The number of benzene rings is 2. The van der Waals surface area contributed by atoms with Gasteiger partial charge in [0.25, 0.3) is 5.91 Å². The van der Waals surface area contributed by atoms with Crippen LogP contribution >= 0.6 is 11.8 Å². The third kappa shape index (κ3) is 6.82. The molecule has 10 heteroatoms. The summed E-state index contributed by atoms with van der Waals surface area (Å²) in [6.07, 6.45) is 0. The van der Waals surface area contributed by atoms with Crippen LogP contribution in [0.1, 0.15) is 21.8 Å². The lowest BCUT2D eigenvalue weighted by atomic mass is 10.2. The van der Waals surface area contributed by atoms with Crippen LogP contribution in [0.15, 0.2) is 64.0 Å². The van der Waals surface area contributed by atoms with E-state index in [1.807, 2.05) is 13.0 Å². The minimum Gasteiger partial charge on any atom is -0.452 e. The van der Waals surface area contributed by atoms with Crippen molar-refractivity contribution in [3.63, 3.8) is 0 Å². The number of ether oxygens (including phenoxy) is 2. The average Bonchev–Trinajstić information content (AvgIpc) is 3.17. The van der Waals surface area contributed by atoms with Crippen LogP contribution < -0.4 is 10.1 Å². The molecule has 0 radical (unpaired) electrons. The van der Waals surface area contributed by atoms with Crippen LogP contribution in [-0.2, 0) is 15.3 Å². The van der Waals surface area contributed by atoms with E-state index >= 15 is 0 Å². The molecule has 162 valence electrons. The third-order valence-corrected chi connectivity index (χ3v) is 4.95. The molecule has 0 saturated heterocycles. The third-order valence-electron chi connectivity index (χ3n) is 3.85. The highest BCUT2D eigenvalue weighted by Crippen LogP contribution is 2.27. The van der Waals surface area contributed by atoms with Gasteiger partial charge in [0.05, 0.1) is 17.0 Å². The summed E-state index contributed by atoms with van der Waals surface area (Å²) >= 11 is 1.38. The quantitative estimate of drug-likeness (QED) is 0.376. The molecule has 1 amide bonds. The zero-order valence-corrected chi connectivity index (χ0v) is 17.2. The molecular weight excluding hydrogens is 430 g/mol. The zero-order chi connectivity index (χ0) is 22.2. The van der Waals surface area contributed by atoms with Crippen LogP contribution in [0.4, 0.5) is 14.5 Å². The fraction of sp³-hybridized carbons (Fsp3) is 0.190. The Bertz CT molecular complexity index is 1040. The number of hydrogen-bond donors (Lipinski definition) is 1. The number of carbonyl (C=O) groups excluding carboxylic acids is 2. The lowest BCUT2D eigenvalue weighted by Gasteiger charge is -2.10. The Morgan fingerprint density at radius 1 is 1.16 bits per heavy atom. The Hall–Kier alpha value is -3.40. The molecule has 0 fully saturated rings. The molecule has 0 spiro atoms. The molecule has 1 heterocycles. The molecule has 0 bridgehead atoms. The summed E-state index contributed by atoms with van der Waals surface area (Å²) in [5, 5.41) is 6.33. The van der Waals surface area contributed by atoms with Crippen molar-refractivity contribution in [2.75, 3.05) is 11.9 Å². The summed E-state index contributed by atoms with van der Waals surface area (Å²) in [4.78, 5) is 25.2. The highest BCUT2D eigenvalue weighted by Gasteiger charge is 2.15. The van der Waals surface area contributed by atoms with Gasteiger partial charge in [-0.1, -0.05) is 17.3 Å². The number of halogens is 2. The van der Waals surface area contributed by atoms with Crippen molar-refractivity contribution >= 4 is 29.3 Å². The van der Waals surface area contributed by atoms with Crippen molar-refractivity contribution in [3.05, 3.63) is 71.6 Å². The molecule has 0 aliphatic carbocycles. The van der Waals surface area contributed by atoms with Crippen molar-refractivity contribution < 1.29 is 32.4 Å². The minimum atomic E-state index is -2.93. The Morgan fingerprint density at radius 2 is 1.90 bits per heavy atom. The number of nitrogens with one attached hydrogen (secondary N) is 1. The molecule has 3 rings (SSSR count). The molecule has 0 atom stereocenters. The number of thioether (sulfide) groups is 1. The van der Waals surface area contributed by atoms with Gasteiger partial charge >= 0.3 is 12.6 Å². The number of aryl methyl sites for hydroxylation is 1. The van der Waals surface area contributed by atoms with E-state index in [2.05, 4.69) is 15.2 Å². The van der Waals surface area contributed by atoms with Crippen molar-refractivity contribution in [1.82, 2.24) is 5.16 Å². The molecule has 31 heavy (non-hydrogen) atoms. The smallest absolute Gasteiger partial charge is 0.387 e. The van der Waals surface area contributed by atoms with Crippen LogP contribution in [-0.4, -0.2) is 30.3 Å². The van der Waals surface area contributed by atoms with Gasteiger partial charge in [0.15, 0.2) is 6.61 Å². The molecule has 1 N–H and O–H groups in total. The largest absolute Gasteiger partial charge is 0.452 e. The summed E-state index contributed by atoms with van der Waals surface area (Å²) < 4.78 is 38.8. The number of aromatic nitrogens is 1. The lowest BCUT2D eigenvalue weighted by molar-refractivity contribution is -0.119. The highest BCUT2D eigenvalue weighted by atomic mass is 32.2. The van der Waals surface area contributed by atoms with Gasteiger partial charge in [-0.3, -0.25) is 4.79 Å². The van der Waals surface area contributed by atoms with E-state index in [1.165, 1.54) is 36.0 Å². The van der Waals surface area contributed by atoms with Gasteiger partial charge in [-0.05, 0) is 43.3 Å². The number of rotatable bonds is 9. The fourth-order valence-corrected chi connectivity index (χ4v) is 3.44. The number of nitrogens with zero attached hydrogens (tertiary/aromatic N) is 1. The first kappa shape index (κ1) is 22.3. The van der Waals surface area contributed by atoms with Gasteiger partial charge < -0.3 is 19.3 Å². The van der Waals surface area contributed by atoms with Crippen LogP contribution in [0.5, 0.6) is 5.75 Å². The van der Waals surface area contributed by atoms with Crippen molar-refractivity contribution in [2.24, 2.45) is 0 Å². The van der Waals surface area contributed by atoms with E-state index in [-0.39, 0.29) is 5.75 Å². The first-order valence-corrected chi connectivity index (χ1v) is 10.0. The number of esters is 1. The fourth-order valence-electron chi connectivity index (χ4n) is 2.52. The SMILES string of the molecule is Cc1cc(CSc2ccccc2C(=O)OCC(=O)Nc2ccc(OC(F)F)cc2)on1. The maximum atomic E-state index is 12.4. The maximum Gasteiger partial charge on any atom is 0.387 e. The van der Waals surface area contributed by atoms with Gasteiger partial charge in [0, 0.05) is 16.6 Å². The summed E-state index contributed by atoms with van der Waals surface area (Å²) in [6.45, 7) is -1.62. The normalized spacial score (nSPS) is 10.7. The van der Waals surface area contributed by atoms with Gasteiger partial charge in [0.1, 0.15) is 11.5 Å². The number of anilines is 1. The summed E-state index contributed by atoms with van der Waals surface area (Å²) in [5.74, 6) is -0.0912. The molecular formula is C21H18F2N2O5S. The van der Waals surface area contributed by atoms with Gasteiger partial charge in [0.2, 0.25) is 0 Å². The highest BCUT2D eigenvalue weighted by molar-refractivity contribution is 7.98. The first-order chi connectivity index (χ1) is 14.9. The van der Waals surface area contributed by atoms with Gasteiger partial charge in [-0.15, -0.1) is 11.8 Å². The van der Waals surface area contributed by atoms with Gasteiger partial charge in [-0.25, -0.2) is 4.79 Å². The molecule has 1 aromatic heterocycles. The maximum absolute atomic E-state index is 12.4. The molecule has 3 aromatic rings. The van der Waals surface area contributed by atoms with Crippen LogP contribution in [0, 0.1) is 6.92 Å². The minimum absolute atomic E-state index is 0.0333. The summed E-state index contributed by atoms with van der Waals surface area (Å²) in [6, 6.07) is 14.0. The Morgan fingerprint density at radius 3 is 2.58 bits per heavy atom.